The van der Waals surface area contributed by atoms with Gasteiger partial charge in [0, 0.05) is 19.8 Å². The van der Waals surface area contributed by atoms with Gasteiger partial charge in [0.15, 0.2) is 0 Å². The first-order valence-corrected chi connectivity index (χ1v) is 5.05. The Morgan fingerprint density at radius 3 is 2.50 bits per heavy atom. The maximum Gasteiger partial charge on any atom is 0.0462 e. The molecule has 0 bridgehead atoms. The van der Waals surface area contributed by atoms with E-state index in [-0.39, 0.29) is 6.04 Å². The first-order chi connectivity index (χ1) is 6.74. The summed E-state index contributed by atoms with van der Waals surface area (Å²) in [5.74, 6) is 0. The van der Waals surface area contributed by atoms with Gasteiger partial charge in [-0.15, -0.1) is 0 Å². The minimum Gasteiger partial charge on any atom is -0.385 e. The molecule has 0 aliphatic heterocycles. The van der Waals surface area contributed by atoms with E-state index in [0.29, 0.717) is 0 Å². The van der Waals surface area contributed by atoms with E-state index in [4.69, 9.17) is 10.5 Å². The van der Waals surface area contributed by atoms with Crippen LogP contribution < -0.4 is 5.73 Å². The smallest absolute Gasteiger partial charge is 0.0462 e. The standard InChI is InChI=1S/C12H19NO/c1-10-5-7-11(8-6-10)12(13)4-3-9-14-2/h5-8,12H,3-4,9,13H2,1-2H3. The Morgan fingerprint density at radius 1 is 1.29 bits per heavy atom. The van der Waals surface area contributed by atoms with Gasteiger partial charge in [0.25, 0.3) is 0 Å². The average molecular weight is 193 g/mol. The molecule has 1 atom stereocenters. The molecule has 1 aromatic carbocycles. The van der Waals surface area contributed by atoms with Gasteiger partial charge in [-0.25, -0.2) is 0 Å². The Bertz CT molecular complexity index is 256. The van der Waals surface area contributed by atoms with Gasteiger partial charge in [-0.1, -0.05) is 29.8 Å². The van der Waals surface area contributed by atoms with E-state index in [2.05, 4.69) is 31.2 Å². The maximum absolute atomic E-state index is 6.03. The molecule has 0 spiro atoms. The molecule has 0 saturated carbocycles. The lowest BCUT2D eigenvalue weighted by molar-refractivity contribution is 0.190. The van der Waals surface area contributed by atoms with Crippen LogP contribution in [0.2, 0.25) is 0 Å². The second-order valence-corrected chi connectivity index (χ2v) is 3.65. The van der Waals surface area contributed by atoms with Gasteiger partial charge in [0.2, 0.25) is 0 Å². The van der Waals surface area contributed by atoms with Crippen LogP contribution in [0.5, 0.6) is 0 Å². The van der Waals surface area contributed by atoms with Gasteiger partial charge < -0.3 is 10.5 Å². The summed E-state index contributed by atoms with van der Waals surface area (Å²) in [6.07, 6.45) is 2.00. The van der Waals surface area contributed by atoms with E-state index < -0.39 is 0 Å². The third-order valence-electron chi connectivity index (χ3n) is 2.37. The first kappa shape index (κ1) is 11.2. The van der Waals surface area contributed by atoms with Crippen LogP contribution in [0, 0.1) is 6.92 Å². The number of nitrogens with two attached hydrogens (primary N) is 1. The summed E-state index contributed by atoms with van der Waals surface area (Å²) in [5, 5.41) is 0. The van der Waals surface area contributed by atoms with E-state index in [0.717, 1.165) is 19.4 Å². The van der Waals surface area contributed by atoms with Crippen LogP contribution >= 0.6 is 0 Å². The molecule has 1 unspecified atom stereocenters. The van der Waals surface area contributed by atoms with Crippen molar-refractivity contribution in [2.75, 3.05) is 13.7 Å². The Hall–Kier alpha value is -0.860. The highest BCUT2D eigenvalue weighted by Crippen LogP contribution is 2.15. The van der Waals surface area contributed by atoms with Crippen molar-refractivity contribution in [3.8, 4) is 0 Å². The average Bonchev–Trinajstić information content (AvgIpc) is 2.19. The molecule has 0 aliphatic carbocycles. The van der Waals surface area contributed by atoms with Crippen molar-refractivity contribution >= 4 is 0 Å². The molecule has 78 valence electrons. The molecule has 2 nitrogen and oxygen atoms in total. The third kappa shape index (κ3) is 3.48. The highest BCUT2D eigenvalue weighted by Gasteiger charge is 2.04. The summed E-state index contributed by atoms with van der Waals surface area (Å²) in [4.78, 5) is 0. The van der Waals surface area contributed by atoms with Crippen LogP contribution in [0.15, 0.2) is 24.3 Å². The summed E-state index contributed by atoms with van der Waals surface area (Å²) < 4.78 is 4.99. The van der Waals surface area contributed by atoms with Gasteiger partial charge in [-0.3, -0.25) is 0 Å². The topological polar surface area (TPSA) is 35.2 Å². The predicted octanol–water partition coefficient (Wildman–Crippen LogP) is 2.42. The van der Waals surface area contributed by atoms with Crippen molar-refractivity contribution in [1.29, 1.82) is 0 Å². The van der Waals surface area contributed by atoms with Crippen molar-refractivity contribution in [2.45, 2.75) is 25.8 Å². The zero-order chi connectivity index (χ0) is 10.4. The first-order valence-electron chi connectivity index (χ1n) is 5.05. The molecule has 1 rings (SSSR count). The number of hydrogen-bond acceptors (Lipinski definition) is 2. The number of ether oxygens (including phenoxy) is 1. The maximum atomic E-state index is 6.03. The summed E-state index contributed by atoms with van der Waals surface area (Å²) in [6.45, 7) is 2.87. The molecule has 0 aromatic heterocycles. The summed E-state index contributed by atoms with van der Waals surface area (Å²) in [5.41, 5.74) is 8.52. The number of methoxy groups -OCH3 is 1. The molecule has 0 radical (unpaired) electrons. The molecule has 0 fully saturated rings. The predicted molar refractivity (Wildman–Crippen MR) is 59.2 cm³/mol. The van der Waals surface area contributed by atoms with Crippen molar-refractivity contribution in [3.05, 3.63) is 35.4 Å². The third-order valence-corrected chi connectivity index (χ3v) is 2.37. The van der Waals surface area contributed by atoms with Crippen LogP contribution in [-0.4, -0.2) is 13.7 Å². The van der Waals surface area contributed by atoms with Crippen LogP contribution in [0.4, 0.5) is 0 Å². The van der Waals surface area contributed by atoms with Crippen molar-refractivity contribution in [1.82, 2.24) is 0 Å². The van der Waals surface area contributed by atoms with E-state index in [1.165, 1.54) is 11.1 Å². The highest BCUT2D eigenvalue weighted by molar-refractivity contribution is 5.23. The summed E-state index contributed by atoms with van der Waals surface area (Å²) in [7, 11) is 1.72. The number of hydrogen-bond donors (Lipinski definition) is 1. The quantitative estimate of drug-likeness (QED) is 0.729. The molecule has 0 heterocycles. The summed E-state index contributed by atoms with van der Waals surface area (Å²) in [6, 6.07) is 8.56. The van der Waals surface area contributed by atoms with Gasteiger partial charge in [-0.05, 0) is 25.3 Å². The van der Waals surface area contributed by atoms with E-state index >= 15 is 0 Å². The highest BCUT2D eigenvalue weighted by atomic mass is 16.5. The second-order valence-electron chi connectivity index (χ2n) is 3.65. The molecular weight excluding hydrogens is 174 g/mol. The molecule has 0 amide bonds. The van der Waals surface area contributed by atoms with Gasteiger partial charge in [0.1, 0.15) is 0 Å². The number of rotatable bonds is 5. The van der Waals surface area contributed by atoms with E-state index in [1.807, 2.05) is 0 Å². The van der Waals surface area contributed by atoms with Crippen LogP contribution in [0.1, 0.15) is 30.0 Å². The zero-order valence-corrected chi connectivity index (χ0v) is 8.99. The van der Waals surface area contributed by atoms with Crippen molar-refractivity contribution < 1.29 is 4.74 Å². The largest absolute Gasteiger partial charge is 0.385 e. The Labute approximate surface area is 86.1 Å². The number of aryl methyl sites for hydroxylation is 1. The molecule has 2 heteroatoms. The van der Waals surface area contributed by atoms with Crippen molar-refractivity contribution in [3.63, 3.8) is 0 Å². The fourth-order valence-corrected chi connectivity index (χ4v) is 1.43. The Morgan fingerprint density at radius 2 is 1.93 bits per heavy atom. The van der Waals surface area contributed by atoms with Crippen LogP contribution in [0.3, 0.4) is 0 Å². The fourth-order valence-electron chi connectivity index (χ4n) is 1.43. The van der Waals surface area contributed by atoms with E-state index in [9.17, 15) is 0 Å². The Balaban J connectivity index is 2.43. The zero-order valence-electron chi connectivity index (χ0n) is 8.99. The lowest BCUT2D eigenvalue weighted by Gasteiger charge is -2.11. The van der Waals surface area contributed by atoms with Gasteiger partial charge in [-0.2, -0.15) is 0 Å². The second kappa shape index (κ2) is 5.78. The van der Waals surface area contributed by atoms with Gasteiger partial charge in [0.05, 0.1) is 0 Å². The molecule has 0 saturated heterocycles. The monoisotopic (exact) mass is 193 g/mol. The van der Waals surface area contributed by atoms with Crippen LogP contribution in [0.25, 0.3) is 0 Å². The molecule has 0 aliphatic rings. The van der Waals surface area contributed by atoms with E-state index in [1.54, 1.807) is 7.11 Å². The molecule has 1 aromatic rings. The Kier molecular flexibility index (Phi) is 4.63. The van der Waals surface area contributed by atoms with Crippen molar-refractivity contribution in [2.24, 2.45) is 5.73 Å². The normalized spacial score (nSPS) is 12.8. The lowest BCUT2D eigenvalue weighted by Crippen LogP contribution is -2.10. The number of benzene rings is 1. The minimum absolute atomic E-state index is 0.144. The molecule has 2 N–H and O–H groups in total. The molecule has 14 heavy (non-hydrogen) atoms. The summed E-state index contributed by atoms with van der Waals surface area (Å²) >= 11 is 0. The molecular formula is C12H19NO. The van der Waals surface area contributed by atoms with Crippen LogP contribution in [-0.2, 0) is 4.74 Å². The lowest BCUT2D eigenvalue weighted by atomic mass is 10.0. The SMILES string of the molecule is COCCCC(N)c1ccc(C)cc1. The minimum atomic E-state index is 0.144. The van der Waals surface area contributed by atoms with Gasteiger partial charge >= 0.3 is 0 Å². The fraction of sp³-hybridized carbons (Fsp3) is 0.500.